The van der Waals surface area contributed by atoms with Gasteiger partial charge in [-0.05, 0) is 19.1 Å². The lowest BCUT2D eigenvalue weighted by molar-refractivity contribution is 0.0979. The first-order valence-corrected chi connectivity index (χ1v) is 5.02. The van der Waals surface area contributed by atoms with Gasteiger partial charge in [0.15, 0.2) is 5.78 Å². The molecule has 2 rings (SSSR count). The van der Waals surface area contributed by atoms with E-state index in [1.807, 2.05) is 36.1 Å². The van der Waals surface area contributed by atoms with E-state index in [9.17, 15) is 4.79 Å². The van der Waals surface area contributed by atoms with Gasteiger partial charge in [-0.2, -0.15) is 5.26 Å². The molecule has 0 saturated heterocycles. The Hall–Kier alpha value is -1.82. The molecule has 0 N–H and O–H groups in total. The Morgan fingerprint density at radius 1 is 1.47 bits per heavy atom. The molecule has 0 bridgehead atoms. The van der Waals surface area contributed by atoms with Gasteiger partial charge >= 0.3 is 0 Å². The van der Waals surface area contributed by atoms with Crippen LogP contribution in [0.1, 0.15) is 23.7 Å². The maximum Gasteiger partial charge on any atom is 0.166 e. The van der Waals surface area contributed by atoms with E-state index in [1.54, 1.807) is 0 Å². The number of nitriles is 1. The van der Waals surface area contributed by atoms with Crippen LogP contribution in [-0.2, 0) is 0 Å². The number of anilines is 1. The Labute approximate surface area is 88.9 Å². The Kier molecular flexibility index (Phi) is 2.42. The summed E-state index contributed by atoms with van der Waals surface area (Å²) in [7, 11) is 0. The van der Waals surface area contributed by atoms with Crippen molar-refractivity contribution in [3.05, 3.63) is 29.8 Å². The number of hydrogen-bond donors (Lipinski definition) is 0. The molecule has 0 aromatic heterocycles. The number of ketones is 1. The number of nitrogens with zero attached hydrogens (tertiary/aromatic N) is 2. The minimum absolute atomic E-state index is 0.173. The molecule has 0 radical (unpaired) electrons. The topological polar surface area (TPSA) is 44.1 Å². The smallest absolute Gasteiger partial charge is 0.166 e. The zero-order valence-corrected chi connectivity index (χ0v) is 8.60. The van der Waals surface area contributed by atoms with E-state index in [0.29, 0.717) is 13.0 Å². The minimum Gasteiger partial charge on any atom is -0.355 e. The molecular formula is C12H12N2O. The van der Waals surface area contributed by atoms with Crippen LogP contribution in [0.5, 0.6) is 0 Å². The monoisotopic (exact) mass is 200 g/mol. The molecule has 1 aliphatic rings. The Bertz CT molecular complexity index is 433. The lowest BCUT2D eigenvalue weighted by Crippen LogP contribution is -2.38. The third-order valence-corrected chi connectivity index (χ3v) is 2.75. The molecule has 76 valence electrons. The van der Waals surface area contributed by atoms with Gasteiger partial charge in [0.1, 0.15) is 6.04 Å². The van der Waals surface area contributed by atoms with Gasteiger partial charge in [0.2, 0.25) is 0 Å². The van der Waals surface area contributed by atoms with E-state index >= 15 is 0 Å². The van der Waals surface area contributed by atoms with Crippen LogP contribution >= 0.6 is 0 Å². The van der Waals surface area contributed by atoms with Crippen LogP contribution in [-0.4, -0.2) is 18.4 Å². The molecule has 1 unspecified atom stereocenters. The molecule has 1 aromatic rings. The first kappa shape index (κ1) is 9.72. The molecule has 3 nitrogen and oxygen atoms in total. The van der Waals surface area contributed by atoms with Gasteiger partial charge in [-0.25, -0.2) is 0 Å². The second-order valence-electron chi connectivity index (χ2n) is 3.69. The van der Waals surface area contributed by atoms with Crippen LogP contribution in [0.15, 0.2) is 24.3 Å². The van der Waals surface area contributed by atoms with Gasteiger partial charge in [-0.1, -0.05) is 12.1 Å². The third kappa shape index (κ3) is 1.59. The Morgan fingerprint density at radius 2 is 2.20 bits per heavy atom. The summed E-state index contributed by atoms with van der Waals surface area (Å²) in [6.45, 7) is 2.50. The summed E-state index contributed by atoms with van der Waals surface area (Å²) in [6, 6.07) is 9.51. The SMILES string of the molecule is CC(C#N)N1CCC(=O)c2ccccc21. The van der Waals surface area contributed by atoms with E-state index < -0.39 is 0 Å². The molecule has 1 aromatic carbocycles. The van der Waals surface area contributed by atoms with E-state index in [4.69, 9.17) is 5.26 Å². The van der Waals surface area contributed by atoms with Gasteiger partial charge in [0.25, 0.3) is 0 Å². The summed E-state index contributed by atoms with van der Waals surface area (Å²) in [5.41, 5.74) is 1.63. The summed E-state index contributed by atoms with van der Waals surface area (Å²) >= 11 is 0. The van der Waals surface area contributed by atoms with Gasteiger partial charge in [-0.15, -0.1) is 0 Å². The van der Waals surface area contributed by atoms with Crippen LogP contribution in [0.4, 0.5) is 5.69 Å². The fourth-order valence-corrected chi connectivity index (χ4v) is 1.91. The molecule has 1 atom stereocenters. The molecule has 0 aliphatic carbocycles. The van der Waals surface area contributed by atoms with E-state index in [0.717, 1.165) is 11.3 Å². The van der Waals surface area contributed by atoms with Crippen molar-refractivity contribution in [1.82, 2.24) is 0 Å². The molecule has 0 fully saturated rings. The average molecular weight is 200 g/mol. The highest BCUT2D eigenvalue weighted by Gasteiger charge is 2.25. The van der Waals surface area contributed by atoms with Crippen molar-refractivity contribution >= 4 is 11.5 Å². The van der Waals surface area contributed by atoms with Crippen molar-refractivity contribution in [3.8, 4) is 6.07 Å². The normalized spacial score (nSPS) is 16.8. The van der Waals surface area contributed by atoms with Crippen molar-refractivity contribution in [3.63, 3.8) is 0 Å². The molecule has 0 amide bonds. The first-order chi connectivity index (χ1) is 7.24. The van der Waals surface area contributed by atoms with E-state index in [-0.39, 0.29) is 11.8 Å². The maximum absolute atomic E-state index is 11.6. The van der Waals surface area contributed by atoms with Gasteiger partial charge < -0.3 is 4.90 Å². The predicted molar refractivity (Wildman–Crippen MR) is 57.8 cm³/mol. The number of benzene rings is 1. The molecule has 15 heavy (non-hydrogen) atoms. The number of hydrogen-bond acceptors (Lipinski definition) is 3. The molecule has 3 heteroatoms. The number of carbonyl (C=O) groups is 1. The summed E-state index contributed by atoms with van der Waals surface area (Å²) in [5, 5.41) is 8.90. The van der Waals surface area contributed by atoms with Crippen LogP contribution < -0.4 is 4.90 Å². The van der Waals surface area contributed by atoms with Crippen LogP contribution in [0.2, 0.25) is 0 Å². The highest BCUT2D eigenvalue weighted by molar-refractivity contribution is 6.03. The quantitative estimate of drug-likeness (QED) is 0.696. The fourth-order valence-electron chi connectivity index (χ4n) is 1.91. The molecule has 1 aliphatic heterocycles. The highest BCUT2D eigenvalue weighted by Crippen LogP contribution is 2.27. The minimum atomic E-state index is -0.181. The van der Waals surface area contributed by atoms with Gasteiger partial charge in [0, 0.05) is 24.2 Å². The largest absolute Gasteiger partial charge is 0.355 e. The van der Waals surface area contributed by atoms with Crippen LogP contribution in [0.3, 0.4) is 0 Å². The Morgan fingerprint density at radius 3 is 2.93 bits per heavy atom. The number of rotatable bonds is 1. The van der Waals surface area contributed by atoms with Crippen molar-refractivity contribution in [2.45, 2.75) is 19.4 Å². The summed E-state index contributed by atoms with van der Waals surface area (Å²) in [4.78, 5) is 13.6. The second-order valence-corrected chi connectivity index (χ2v) is 3.69. The Balaban J connectivity index is 2.45. The van der Waals surface area contributed by atoms with Crippen molar-refractivity contribution in [2.24, 2.45) is 0 Å². The molecular weight excluding hydrogens is 188 g/mol. The molecule has 1 heterocycles. The second kappa shape index (κ2) is 3.74. The summed E-state index contributed by atoms with van der Waals surface area (Å²) < 4.78 is 0. The maximum atomic E-state index is 11.6. The standard InChI is InChI=1S/C12H12N2O/c1-9(8-13)14-7-6-12(15)10-4-2-3-5-11(10)14/h2-5,9H,6-7H2,1H3. The fraction of sp³-hybridized carbons (Fsp3) is 0.333. The van der Waals surface area contributed by atoms with Crippen molar-refractivity contribution < 1.29 is 4.79 Å². The van der Waals surface area contributed by atoms with Crippen molar-refractivity contribution in [1.29, 1.82) is 5.26 Å². The summed E-state index contributed by atoms with van der Waals surface area (Å²) in [5.74, 6) is 0.173. The van der Waals surface area contributed by atoms with Crippen LogP contribution in [0.25, 0.3) is 0 Å². The molecule has 0 saturated carbocycles. The lowest BCUT2D eigenvalue weighted by Gasteiger charge is -2.32. The van der Waals surface area contributed by atoms with Crippen LogP contribution in [0, 0.1) is 11.3 Å². The third-order valence-electron chi connectivity index (χ3n) is 2.75. The first-order valence-electron chi connectivity index (χ1n) is 5.02. The number of carbonyl (C=O) groups excluding carboxylic acids is 1. The summed E-state index contributed by atoms with van der Waals surface area (Å²) in [6.07, 6.45) is 0.503. The van der Waals surface area contributed by atoms with E-state index in [2.05, 4.69) is 6.07 Å². The van der Waals surface area contributed by atoms with Gasteiger partial charge in [-0.3, -0.25) is 4.79 Å². The van der Waals surface area contributed by atoms with E-state index in [1.165, 1.54) is 0 Å². The number of Topliss-reactive ketones (excluding diaryl/α,β-unsaturated/α-hetero) is 1. The highest BCUT2D eigenvalue weighted by atomic mass is 16.1. The lowest BCUT2D eigenvalue weighted by atomic mass is 9.99. The zero-order valence-electron chi connectivity index (χ0n) is 8.60. The predicted octanol–water partition coefficient (Wildman–Crippen LogP) is 1.99. The van der Waals surface area contributed by atoms with Gasteiger partial charge in [0.05, 0.1) is 6.07 Å². The average Bonchev–Trinajstić information content (AvgIpc) is 2.29. The zero-order chi connectivity index (χ0) is 10.8. The number of para-hydroxylation sites is 1. The van der Waals surface area contributed by atoms with Crippen molar-refractivity contribution in [2.75, 3.05) is 11.4 Å². The molecule has 0 spiro atoms. The number of fused-ring (bicyclic) bond motifs is 1.